The van der Waals surface area contributed by atoms with Gasteiger partial charge in [0.2, 0.25) is 5.91 Å². The number of fused-ring (bicyclic) bond motifs is 1. The summed E-state index contributed by atoms with van der Waals surface area (Å²) in [5, 5.41) is 14.0. The van der Waals surface area contributed by atoms with Crippen LogP contribution in [-0.4, -0.2) is 22.9 Å². The lowest BCUT2D eigenvalue weighted by molar-refractivity contribution is -0.384. The highest BCUT2D eigenvalue weighted by atomic mass is 32.2. The third-order valence-corrected chi connectivity index (χ3v) is 7.17. The number of amides is 1. The zero-order valence-corrected chi connectivity index (χ0v) is 19.4. The van der Waals surface area contributed by atoms with Crippen molar-refractivity contribution in [1.82, 2.24) is 4.98 Å². The molecule has 4 rings (SSSR count). The summed E-state index contributed by atoms with van der Waals surface area (Å²) >= 11 is 3.01. The average molecular weight is 480 g/mol. The number of thiazole rings is 1. The first-order valence-electron chi connectivity index (χ1n) is 10.2. The van der Waals surface area contributed by atoms with Gasteiger partial charge in [-0.3, -0.25) is 14.9 Å². The van der Waals surface area contributed by atoms with Crippen LogP contribution in [-0.2, 0) is 17.0 Å². The van der Waals surface area contributed by atoms with Crippen LogP contribution in [0, 0.1) is 10.1 Å². The topological polar surface area (TPSA) is 94.4 Å². The number of non-ortho nitro benzene ring substituents is 1. The van der Waals surface area contributed by atoms with Crippen molar-refractivity contribution in [3.63, 3.8) is 0 Å². The molecule has 4 aromatic rings. The molecule has 0 bridgehead atoms. The van der Waals surface area contributed by atoms with Crippen molar-refractivity contribution >= 4 is 50.6 Å². The molecule has 0 atom stereocenters. The molecule has 0 saturated heterocycles. The Labute approximate surface area is 199 Å². The number of carbonyl (C=O) groups excluding carboxylic acids is 1. The average Bonchev–Trinajstić information content (AvgIpc) is 3.24. The molecule has 0 aliphatic carbocycles. The molecule has 0 saturated carbocycles. The standard InChI is InChI=1S/C24H21N3O4S2/c1-31-21-11-9-19(27(29)30)13-17(21)15-32-24-26-20-10-8-18(14-22(20)33-24)25-23(28)12-7-16-5-3-2-4-6-16/h2-6,8-11,13-14H,7,12,15H2,1H3,(H,25,28). The number of nitrogens with zero attached hydrogens (tertiary/aromatic N) is 2. The van der Waals surface area contributed by atoms with E-state index in [4.69, 9.17) is 4.74 Å². The van der Waals surface area contributed by atoms with E-state index in [-0.39, 0.29) is 11.6 Å². The van der Waals surface area contributed by atoms with Crippen molar-refractivity contribution in [1.29, 1.82) is 0 Å². The minimum Gasteiger partial charge on any atom is -0.496 e. The Hall–Kier alpha value is -3.43. The fourth-order valence-electron chi connectivity index (χ4n) is 3.30. The summed E-state index contributed by atoms with van der Waals surface area (Å²) in [5.74, 6) is 1.07. The van der Waals surface area contributed by atoms with E-state index in [0.717, 1.165) is 31.4 Å². The van der Waals surface area contributed by atoms with Crippen LogP contribution in [0.1, 0.15) is 17.5 Å². The van der Waals surface area contributed by atoms with Gasteiger partial charge in [0.15, 0.2) is 4.34 Å². The number of nitro benzene ring substituents is 1. The fraction of sp³-hybridized carbons (Fsp3) is 0.167. The summed E-state index contributed by atoms with van der Waals surface area (Å²) < 4.78 is 7.14. The van der Waals surface area contributed by atoms with E-state index >= 15 is 0 Å². The van der Waals surface area contributed by atoms with Gasteiger partial charge in [-0.15, -0.1) is 11.3 Å². The van der Waals surface area contributed by atoms with Crippen molar-refractivity contribution in [2.75, 3.05) is 12.4 Å². The van der Waals surface area contributed by atoms with E-state index in [2.05, 4.69) is 10.3 Å². The molecule has 1 heterocycles. The van der Waals surface area contributed by atoms with Gasteiger partial charge in [-0.1, -0.05) is 42.1 Å². The molecule has 0 fully saturated rings. The van der Waals surface area contributed by atoms with Gasteiger partial charge < -0.3 is 10.1 Å². The van der Waals surface area contributed by atoms with Crippen molar-refractivity contribution < 1.29 is 14.5 Å². The lowest BCUT2D eigenvalue weighted by Gasteiger charge is -2.06. The second kappa shape index (κ2) is 10.5. The summed E-state index contributed by atoms with van der Waals surface area (Å²) in [7, 11) is 1.54. The van der Waals surface area contributed by atoms with E-state index in [1.54, 1.807) is 13.2 Å². The highest BCUT2D eigenvalue weighted by Crippen LogP contribution is 2.35. The quantitative estimate of drug-likeness (QED) is 0.178. The highest BCUT2D eigenvalue weighted by Gasteiger charge is 2.13. The van der Waals surface area contributed by atoms with Gasteiger partial charge in [0.1, 0.15) is 5.75 Å². The molecule has 7 nitrogen and oxygen atoms in total. The summed E-state index contributed by atoms with van der Waals surface area (Å²) in [6, 6.07) is 20.1. The van der Waals surface area contributed by atoms with Crippen LogP contribution in [0.4, 0.5) is 11.4 Å². The van der Waals surface area contributed by atoms with Crippen LogP contribution in [0.15, 0.2) is 71.1 Å². The summed E-state index contributed by atoms with van der Waals surface area (Å²) in [6.45, 7) is 0. The maximum atomic E-state index is 12.3. The predicted molar refractivity (Wildman–Crippen MR) is 132 cm³/mol. The number of benzene rings is 3. The number of hydrogen-bond acceptors (Lipinski definition) is 7. The molecule has 0 spiro atoms. The van der Waals surface area contributed by atoms with Gasteiger partial charge in [-0.05, 0) is 36.2 Å². The minimum atomic E-state index is -0.416. The number of thioether (sulfide) groups is 1. The summed E-state index contributed by atoms with van der Waals surface area (Å²) in [4.78, 5) is 27.6. The second-order valence-corrected chi connectivity index (χ2v) is 9.49. The molecule has 33 heavy (non-hydrogen) atoms. The van der Waals surface area contributed by atoms with Gasteiger partial charge in [-0.2, -0.15) is 0 Å². The first-order chi connectivity index (χ1) is 16.0. The van der Waals surface area contributed by atoms with E-state index in [0.29, 0.717) is 24.3 Å². The predicted octanol–water partition coefficient (Wildman–Crippen LogP) is 6.08. The fourth-order valence-corrected chi connectivity index (χ4v) is 5.39. The third-order valence-electron chi connectivity index (χ3n) is 4.96. The van der Waals surface area contributed by atoms with Crippen molar-refractivity contribution in [2.45, 2.75) is 22.9 Å². The smallest absolute Gasteiger partial charge is 0.270 e. The molecule has 0 aliphatic heterocycles. The molecule has 1 N–H and O–H groups in total. The number of rotatable bonds is 9. The number of methoxy groups -OCH3 is 1. The molecule has 3 aromatic carbocycles. The summed E-state index contributed by atoms with van der Waals surface area (Å²) in [6.07, 6.45) is 1.11. The molecular weight excluding hydrogens is 458 g/mol. The molecule has 0 radical (unpaired) electrons. The van der Waals surface area contributed by atoms with Crippen molar-refractivity contribution in [3.8, 4) is 5.75 Å². The van der Waals surface area contributed by atoms with Crippen LogP contribution >= 0.6 is 23.1 Å². The monoisotopic (exact) mass is 479 g/mol. The van der Waals surface area contributed by atoms with Crippen LogP contribution in [0.3, 0.4) is 0 Å². The Bertz CT molecular complexity index is 1290. The molecule has 1 aromatic heterocycles. The number of hydrogen-bond donors (Lipinski definition) is 1. The number of aryl methyl sites for hydroxylation is 1. The van der Waals surface area contributed by atoms with Gasteiger partial charge in [-0.25, -0.2) is 4.98 Å². The van der Waals surface area contributed by atoms with Crippen molar-refractivity contribution in [2.24, 2.45) is 0 Å². The molecular formula is C24H21N3O4S2. The van der Waals surface area contributed by atoms with E-state index < -0.39 is 4.92 Å². The molecule has 9 heteroatoms. The normalized spacial score (nSPS) is 10.8. The van der Waals surface area contributed by atoms with E-state index in [1.165, 1.54) is 35.2 Å². The van der Waals surface area contributed by atoms with Gasteiger partial charge >= 0.3 is 0 Å². The Morgan fingerprint density at radius 1 is 1.15 bits per heavy atom. The van der Waals surface area contributed by atoms with Crippen LogP contribution < -0.4 is 10.1 Å². The maximum absolute atomic E-state index is 12.3. The SMILES string of the molecule is COc1ccc([N+](=O)[O-])cc1CSc1nc2ccc(NC(=O)CCc3ccccc3)cc2s1. The van der Waals surface area contributed by atoms with E-state index in [9.17, 15) is 14.9 Å². The molecule has 1 amide bonds. The third kappa shape index (κ3) is 5.88. The Balaban J connectivity index is 1.40. The lowest BCUT2D eigenvalue weighted by Crippen LogP contribution is -2.12. The number of nitrogens with one attached hydrogen (secondary N) is 1. The van der Waals surface area contributed by atoms with Crippen LogP contribution in [0.25, 0.3) is 10.2 Å². The highest BCUT2D eigenvalue weighted by molar-refractivity contribution is 8.00. The van der Waals surface area contributed by atoms with E-state index in [1.807, 2.05) is 48.5 Å². The van der Waals surface area contributed by atoms with Crippen molar-refractivity contribution in [3.05, 3.63) is 88.0 Å². The number of nitro groups is 1. The molecule has 0 unspecified atom stereocenters. The first kappa shape index (κ1) is 22.8. The first-order valence-corrected chi connectivity index (χ1v) is 12.0. The minimum absolute atomic E-state index is 0.0309. The maximum Gasteiger partial charge on any atom is 0.270 e. The number of carbonyl (C=O) groups is 1. The van der Waals surface area contributed by atoms with Gasteiger partial charge in [0.25, 0.3) is 5.69 Å². The largest absolute Gasteiger partial charge is 0.496 e. The lowest BCUT2D eigenvalue weighted by atomic mass is 10.1. The second-order valence-electron chi connectivity index (χ2n) is 7.24. The van der Waals surface area contributed by atoms with Gasteiger partial charge in [0.05, 0.1) is 22.2 Å². The zero-order chi connectivity index (χ0) is 23.2. The Morgan fingerprint density at radius 2 is 1.97 bits per heavy atom. The zero-order valence-electron chi connectivity index (χ0n) is 17.8. The number of ether oxygens (including phenoxy) is 1. The number of anilines is 1. The van der Waals surface area contributed by atoms with Gasteiger partial charge in [0, 0.05) is 35.6 Å². The Kier molecular flexibility index (Phi) is 7.21. The van der Waals surface area contributed by atoms with Crippen LogP contribution in [0.5, 0.6) is 5.75 Å². The summed E-state index contributed by atoms with van der Waals surface area (Å²) in [5.41, 5.74) is 3.48. The number of aromatic nitrogens is 1. The Morgan fingerprint density at radius 3 is 2.73 bits per heavy atom. The molecule has 168 valence electrons. The van der Waals surface area contributed by atoms with Crippen LogP contribution in [0.2, 0.25) is 0 Å². The molecule has 0 aliphatic rings.